The second kappa shape index (κ2) is 11.2. The molecule has 4 N–H and O–H groups in total. The number of likely N-dealkylation sites (tertiary alicyclic amines) is 1. The first-order valence-electron chi connectivity index (χ1n) is 8.39. The topological polar surface area (TPSA) is 100 Å². The Hall–Kier alpha value is -1.62. The third-order valence-electron chi connectivity index (χ3n) is 4.09. The lowest BCUT2D eigenvalue weighted by atomic mass is 10.1. The molecule has 1 amide bonds. The SMILES string of the molecule is CCOC(=O)N1CCC(NC(N)=NCc2ccc(F)c(CO)c2)CC1.I. The molecule has 1 saturated heterocycles. The first-order chi connectivity index (χ1) is 12.0. The molecule has 7 nitrogen and oxygen atoms in total. The molecule has 9 heteroatoms. The molecule has 0 radical (unpaired) electrons. The molecule has 2 rings (SSSR count). The number of nitrogens with one attached hydrogen (secondary N) is 1. The fourth-order valence-corrected chi connectivity index (χ4v) is 2.70. The number of halogens is 2. The Morgan fingerprint density at radius 2 is 2.15 bits per heavy atom. The largest absolute Gasteiger partial charge is 0.450 e. The van der Waals surface area contributed by atoms with E-state index in [4.69, 9.17) is 15.6 Å². The molecule has 1 aromatic carbocycles. The first-order valence-corrected chi connectivity index (χ1v) is 8.39. The number of nitrogens with two attached hydrogens (primary N) is 1. The summed E-state index contributed by atoms with van der Waals surface area (Å²) in [5, 5.41) is 12.2. The van der Waals surface area contributed by atoms with Crippen LogP contribution < -0.4 is 11.1 Å². The van der Waals surface area contributed by atoms with Crippen molar-refractivity contribution in [1.29, 1.82) is 0 Å². The smallest absolute Gasteiger partial charge is 0.409 e. The summed E-state index contributed by atoms with van der Waals surface area (Å²) in [6.45, 7) is 3.33. The van der Waals surface area contributed by atoms with E-state index in [0.29, 0.717) is 32.2 Å². The zero-order valence-corrected chi connectivity index (χ0v) is 17.1. The minimum atomic E-state index is -0.435. The summed E-state index contributed by atoms with van der Waals surface area (Å²) < 4.78 is 18.3. The minimum absolute atomic E-state index is 0. The van der Waals surface area contributed by atoms with Crippen LogP contribution in [-0.2, 0) is 17.9 Å². The van der Waals surface area contributed by atoms with Crippen molar-refractivity contribution >= 4 is 36.0 Å². The molecule has 0 aromatic heterocycles. The van der Waals surface area contributed by atoms with Crippen LogP contribution in [0.1, 0.15) is 30.9 Å². The van der Waals surface area contributed by atoms with Crippen molar-refractivity contribution in [3.05, 3.63) is 35.1 Å². The molecular formula is C17H26FIN4O3. The molecule has 146 valence electrons. The summed E-state index contributed by atoms with van der Waals surface area (Å²) in [5.74, 6) is -0.126. The highest BCUT2D eigenvalue weighted by Crippen LogP contribution is 2.13. The van der Waals surface area contributed by atoms with Crippen LogP contribution >= 0.6 is 24.0 Å². The summed E-state index contributed by atoms with van der Waals surface area (Å²) >= 11 is 0. The average Bonchev–Trinajstić information content (AvgIpc) is 2.62. The second-order valence-corrected chi connectivity index (χ2v) is 5.89. The van der Waals surface area contributed by atoms with Gasteiger partial charge in [-0.2, -0.15) is 0 Å². The van der Waals surface area contributed by atoms with Crippen LogP contribution in [0.25, 0.3) is 0 Å². The highest BCUT2D eigenvalue weighted by Gasteiger charge is 2.23. The number of piperidine rings is 1. The van der Waals surface area contributed by atoms with Gasteiger partial charge in [-0.1, -0.05) is 6.07 Å². The number of ether oxygens (including phenoxy) is 1. The quantitative estimate of drug-likeness (QED) is 0.340. The number of nitrogens with zero attached hydrogens (tertiary/aromatic N) is 2. The van der Waals surface area contributed by atoms with Crippen molar-refractivity contribution in [3.63, 3.8) is 0 Å². The number of aliphatic hydroxyl groups is 1. The summed E-state index contributed by atoms with van der Waals surface area (Å²) in [4.78, 5) is 17.6. The molecule has 1 heterocycles. The number of carbonyl (C=O) groups is 1. The molecule has 26 heavy (non-hydrogen) atoms. The van der Waals surface area contributed by atoms with Crippen molar-refractivity contribution in [1.82, 2.24) is 10.2 Å². The maximum atomic E-state index is 13.3. The van der Waals surface area contributed by atoms with E-state index in [-0.39, 0.29) is 48.3 Å². The van der Waals surface area contributed by atoms with Gasteiger partial charge in [-0.05, 0) is 37.5 Å². The van der Waals surface area contributed by atoms with E-state index in [1.165, 1.54) is 6.07 Å². The standard InChI is InChI=1S/C17H25FN4O3.HI/c1-2-25-17(24)22-7-5-14(6-8-22)21-16(19)20-10-12-3-4-15(18)13(9-12)11-23;/h3-4,9,14,23H,2,5-8,10-11H2,1H3,(H3,19,20,21);1H. The lowest BCUT2D eigenvalue weighted by Gasteiger charge is -2.31. The predicted octanol–water partition coefficient (Wildman–Crippen LogP) is 1.96. The average molecular weight is 480 g/mol. The first kappa shape index (κ1) is 22.4. The van der Waals surface area contributed by atoms with Gasteiger partial charge in [0.25, 0.3) is 0 Å². The number of hydrogen-bond acceptors (Lipinski definition) is 4. The van der Waals surface area contributed by atoms with Gasteiger partial charge >= 0.3 is 6.09 Å². The normalized spacial score (nSPS) is 15.3. The minimum Gasteiger partial charge on any atom is -0.450 e. The van der Waals surface area contributed by atoms with E-state index in [1.807, 2.05) is 0 Å². The Kier molecular flexibility index (Phi) is 9.63. The molecule has 1 aliphatic heterocycles. The molecule has 1 fully saturated rings. The summed E-state index contributed by atoms with van der Waals surface area (Å²) in [5.41, 5.74) is 6.92. The zero-order valence-electron chi connectivity index (χ0n) is 14.8. The maximum absolute atomic E-state index is 13.3. The molecular weight excluding hydrogens is 454 g/mol. The number of guanidine groups is 1. The van der Waals surface area contributed by atoms with E-state index in [1.54, 1.807) is 24.0 Å². The number of carbonyl (C=O) groups excluding carboxylic acids is 1. The van der Waals surface area contributed by atoms with E-state index >= 15 is 0 Å². The van der Waals surface area contributed by atoms with Gasteiger partial charge in [-0.3, -0.25) is 0 Å². The summed E-state index contributed by atoms with van der Waals surface area (Å²) in [6.07, 6.45) is 1.25. The number of aliphatic imine (C=N–C) groups is 1. The lowest BCUT2D eigenvalue weighted by Crippen LogP contribution is -2.48. The monoisotopic (exact) mass is 480 g/mol. The van der Waals surface area contributed by atoms with Crippen LogP contribution in [0, 0.1) is 5.82 Å². The summed E-state index contributed by atoms with van der Waals surface area (Å²) in [6, 6.07) is 4.65. The maximum Gasteiger partial charge on any atom is 0.409 e. The molecule has 0 unspecified atom stereocenters. The number of aliphatic hydroxyl groups excluding tert-OH is 1. The van der Waals surface area contributed by atoms with Crippen molar-refractivity contribution < 1.29 is 19.0 Å². The Labute approximate surface area is 169 Å². The van der Waals surface area contributed by atoms with Crippen LogP contribution in [-0.4, -0.2) is 47.8 Å². The van der Waals surface area contributed by atoms with Crippen LogP contribution in [0.5, 0.6) is 0 Å². The van der Waals surface area contributed by atoms with Crippen LogP contribution in [0.3, 0.4) is 0 Å². The van der Waals surface area contributed by atoms with E-state index in [0.717, 1.165) is 18.4 Å². The number of amides is 1. The van der Waals surface area contributed by atoms with Gasteiger partial charge in [-0.25, -0.2) is 14.2 Å². The van der Waals surface area contributed by atoms with Gasteiger partial charge in [0.15, 0.2) is 5.96 Å². The molecule has 0 atom stereocenters. The third-order valence-corrected chi connectivity index (χ3v) is 4.09. The van der Waals surface area contributed by atoms with Gasteiger partial charge in [-0.15, -0.1) is 24.0 Å². The number of benzene rings is 1. The Morgan fingerprint density at radius 3 is 2.77 bits per heavy atom. The molecule has 0 spiro atoms. The fraction of sp³-hybridized carbons (Fsp3) is 0.529. The van der Waals surface area contributed by atoms with Crippen LogP contribution in [0.2, 0.25) is 0 Å². The van der Waals surface area contributed by atoms with Crippen molar-refractivity contribution in [2.45, 2.75) is 39.0 Å². The van der Waals surface area contributed by atoms with Crippen LogP contribution in [0.15, 0.2) is 23.2 Å². The molecule has 0 aliphatic carbocycles. The van der Waals surface area contributed by atoms with Gasteiger partial charge in [0.1, 0.15) is 5.82 Å². The third kappa shape index (κ3) is 6.60. The molecule has 1 aromatic rings. The zero-order chi connectivity index (χ0) is 18.2. The highest BCUT2D eigenvalue weighted by molar-refractivity contribution is 14.0. The number of rotatable bonds is 5. The Bertz CT molecular complexity index is 622. The van der Waals surface area contributed by atoms with Gasteiger partial charge in [0.2, 0.25) is 0 Å². The van der Waals surface area contributed by atoms with E-state index < -0.39 is 5.82 Å². The molecule has 1 aliphatic rings. The summed E-state index contributed by atoms with van der Waals surface area (Å²) in [7, 11) is 0. The predicted molar refractivity (Wildman–Crippen MR) is 108 cm³/mol. The Balaban J connectivity index is 0.00000338. The van der Waals surface area contributed by atoms with E-state index in [9.17, 15) is 9.18 Å². The second-order valence-electron chi connectivity index (χ2n) is 5.89. The van der Waals surface area contributed by atoms with Gasteiger partial charge in [0.05, 0.1) is 19.8 Å². The number of hydrogen-bond donors (Lipinski definition) is 3. The van der Waals surface area contributed by atoms with Crippen molar-refractivity contribution in [3.8, 4) is 0 Å². The lowest BCUT2D eigenvalue weighted by molar-refractivity contribution is 0.0963. The van der Waals surface area contributed by atoms with Crippen molar-refractivity contribution in [2.24, 2.45) is 10.7 Å². The molecule has 0 bridgehead atoms. The van der Waals surface area contributed by atoms with Gasteiger partial charge in [0, 0.05) is 24.7 Å². The molecule has 0 saturated carbocycles. The fourth-order valence-electron chi connectivity index (χ4n) is 2.70. The Morgan fingerprint density at radius 1 is 1.46 bits per heavy atom. The van der Waals surface area contributed by atoms with Gasteiger partial charge < -0.3 is 25.8 Å². The van der Waals surface area contributed by atoms with Crippen LogP contribution in [0.4, 0.5) is 9.18 Å². The van der Waals surface area contributed by atoms with Crippen molar-refractivity contribution in [2.75, 3.05) is 19.7 Å². The van der Waals surface area contributed by atoms with E-state index in [2.05, 4.69) is 10.3 Å². The highest BCUT2D eigenvalue weighted by atomic mass is 127.